The Labute approximate surface area is 212 Å². The average molecular weight is 568 g/mol. The Morgan fingerprint density at radius 2 is 1.49 bits per heavy atom. The summed E-state index contributed by atoms with van der Waals surface area (Å²) in [7, 11) is 0. The molecule has 4 rings (SSSR count). The molecule has 0 fully saturated rings. The van der Waals surface area contributed by atoms with Crippen LogP contribution in [0.2, 0.25) is 0 Å². The Morgan fingerprint density at radius 1 is 0.872 bits per heavy atom. The van der Waals surface area contributed by atoms with Gasteiger partial charge in [0.25, 0.3) is 11.5 Å². The zero-order valence-corrected chi connectivity index (χ0v) is 19.0. The van der Waals surface area contributed by atoms with Gasteiger partial charge >= 0.3 is 18.5 Å². The normalized spacial score (nSPS) is 14.5. The first-order valence-electron chi connectivity index (χ1n) is 10.7. The molecule has 5 nitrogen and oxygen atoms in total. The molecule has 3 aromatic rings. The monoisotopic (exact) mass is 568 g/mol. The Bertz CT molecular complexity index is 1390. The van der Waals surface area contributed by atoms with Crippen molar-refractivity contribution < 1.29 is 58.5 Å². The number of nitrogens with zero attached hydrogens (tertiary/aromatic N) is 2. The Balaban J connectivity index is 1.70. The summed E-state index contributed by atoms with van der Waals surface area (Å²) < 4.78 is 136. The van der Waals surface area contributed by atoms with E-state index in [0.717, 1.165) is 35.4 Å². The molecule has 1 N–H and O–H groups in total. The van der Waals surface area contributed by atoms with Gasteiger partial charge in [0.1, 0.15) is 11.6 Å². The van der Waals surface area contributed by atoms with Crippen LogP contribution >= 0.6 is 0 Å². The minimum absolute atomic E-state index is 0.0164. The highest BCUT2D eigenvalue weighted by atomic mass is 19.4. The molecule has 2 aromatic carbocycles. The van der Waals surface area contributed by atoms with Crippen LogP contribution in [0.4, 0.5) is 49.6 Å². The highest BCUT2D eigenvalue weighted by Gasteiger charge is 2.71. The van der Waals surface area contributed by atoms with Crippen LogP contribution in [-0.4, -0.2) is 41.1 Å². The molecule has 39 heavy (non-hydrogen) atoms. The largest absolute Gasteiger partial charge is 0.483 e. The molecule has 208 valence electrons. The summed E-state index contributed by atoms with van der Waals surface area (Å²) in [6, 6.07) is 6.23. The second-order valence-electron chi connectivity index (χ2n) is 8.37. The number of carbonyl (C=O) groups excluding carboxylic acids is 1. The maximum absolute atomic E-state index is 13.8. The first-order valence-corrected chi connectivity index (χ1v) is 10.7. The van der Waals surface area contributed by atoms with E-state index in [-0.39, 0.29) is 34.6 Å². The summed E-state index contributed by atoms with van der Waals surface area (Å²) in [5.41, 5.74) is -6.87. The van der Waals surface area contributed by atoms with Crippen molar-refractivity contribution in [3.8, 4) is 17.0 Å². The number of benzene rings is 2. The van der Waals surface area contributed by atoms with Crippen LogP contribution in [0.1, 0.15) is 21.5 Å². The molecule has 0 spiro atoms. The van der Waals surface area contributed by atoms with E-state index in [1.165, 1.54) is 6.07 Å². The zero-order chi connectivity index (χ0) is 29.0. The van der Waals surface area contributed by atoms with Crippen molar-refractivity contribution >= 4 is 11.6 Å². The number of pyridine rings is 1. The Hall–Kier alpha value is -3.88. The van der Waals surface area contributed by atoms with Crippen molar-refractivity contribution in [1.82, 2.24) is 4.98 Å². The lowest BCUT2D eigenvalue weighted by atomic mass is 9.92. The van der Waals surface area contributed by atoms with Crippen molar-refractivity contribution in [2.45, 2.75) is 30.7 Å². The number of ether oxygens (including phenoxy) is 1. The van der Waals surface area contributed by atoms with Crippen LogP contribution < -0.4 is 9.64 Å². The summed E-state index contributed by atoms with van der Waals surface area (Å²) in [5, 5.41) is 9.56. The highest BCUT2D eigenvalue weighted by Crippen LogP contribution is 2.50. The predicted octanol–water partition coefficient (Wildman–Crippen LogP) is 6.30. The molecule has 0 saturated heterocycles. The van der Waals surface area contributed by atoms with E-state index in [2.05, 4.69) is 4.98 Å². The van der Waals surface area contributed by atoms with Gasteiger partial charge in [0, 0.05) is 40.2 Å². The lowest BCUT2D eigenvalue weighted by molar-refractivity contribution is -0.376. The van der Waals surface area contributed by atoms with Gasteiger partial charge in [0.15, 0.2) is 6.61 Å². The lowest BCUT2D eigenvalue weighted by Gasteiger charge is -2.32. The number of alkyl halides is 9. The number of halogens is 10. The molecule has 0 atom stereocenters. The molecule has 1 aromatic heterocycles. The molecule has 0 saturated carbocycles. The minimum atomic E-state index is -6.10. The number of carbonyl (C=O) groups is 1. The second kappa shape index (κ2) is 9.39. The number of aliphatic hydroxyl groups is 1. The van der Waals surface area contributed by atoms with Gasteiger partial charge in [-0.3, -0.25) is 9.78 Å². The summed E-state index contributed by atoms with van der Waals surface area (Å²) >= 11 is 0. The number of hydrogen-bond acceptors (Lipinski definition) is 4. The van der Waals surface area contributed by atoms with Crippen molar-refractivity contribution in [1.29, 1.82) is 0 Å². The summed E-state index contributed by atoms with van der Waals surface area (Å²) in [4.78, 5) is 18.1. The molecular formula is C24H14F10N2O3. The van der Waals surface area contributed by atoms with Crippen molar-refractivity contribution in [2.24, 2.45) is 0 Å². The fourth-order valence-electron chi connectivity index (χ4n) is 4.01. The molecule has 0 bridgehead atoms. The topological polar surface area (TPSA) is 62.7 Å². The molecule has 15 heteroatoms. The number of hydrogen-bond donors (Lipinski definition) is 1. The Morgan fingerprint density at radius 3 is 2.05 bits per heavy atom. The van der Waals surface area contributed by atoms with Gasteiger partial charge in [-0.15, -0.1) is 0 Å². The fourth-order valence-corrected chi connectivity index (χ4v) is 4.01. The van der Waals surface area contributed by atoms with E-state index < -0.39 is 53.8 Å². The predicted molar refractivity (Wildman–Crippen MR) is 114 cm³/mol. The molecule has 0 unspecified atom stereocenters. The summed E-state index contributed by atoms with van der Waals surface area (Å²) in [6.07, 6.45) is -15.8. The third-order valence-corrected chi connectivity index (χ3v) is 5.85. The number of fused-ring (bicyclic) bond motifs is 1. The summed E-state index contributed by atoms with van der Waals surface area (Å²) in [6.45, 7) is -2.09. The van der Waals surface area contributed by atoms with E-state index in [1.54, 1.807) is 0 Å². The second-order valence-corrected chi connectivity index (χ2v) is 8.37. The Kier molecular flexibility index (Phi) is 6.78. The molecule has 1 aliphatic heterocycles. The lowest BCUT2D eigenvalue weighted by Crippen LogP contribution is -2.53. The number of anilines is 1. The zero-order valence-electron chi connectivity index (χ0n) is 19.0. The maximum Gasteiger partial charge on any atom is 0.430 e. The van der Waals surface area contributed by atoms with Crippen LogP contribution in [0.25, 0.3) is 11.3 Å². The van der Waals surface area contributed by atoms with Gasteiger partial charge < -0.3 is 14.7 Å². The average Bonchev–Trinajstić information content (AvgIpc) is 3.17. The number of aromatic nitrogens is 1. The van der Waals surface area contributed by atoms with Gasteiger partial charge in [0.2, 0.25) is 0 Å². The van der Waals surface area contributed by atoms with Gasteiger partial charge in [-0.25, -0.2) is 4.39 Å². The van der Waals surface area contributed by atoms with Gasteiger partial charge in [-0.1, -0.05) is 12.1 Å². The molecule has 1 amide bonds. The summed E-state index contributed by atoms with van der Waals surface area (Å²) in [5.74, 6) is -2.19. The third kappa shape index (κ3) is 5.10. The third-order valence-electron chi connectivity index (χ3n) is 5.85. The first kappa shape index (κ1) is 28.1. The van der Waals surface area contributed by atoms with Gasteiger partial charge in [-0.05, 0) is 30.3 Å². The molecule has 1 aliphatic rings. The van der Waals surface area contributed by atoms with Crippen LogP contribution in [-0.2, 0) is 12.1 Å². The van der Waals surface area contributed by atoms with E-state index in [9.17, 15) is 53.8 Å². The molecule has 0 aliphatic carbocycles. The molecular weight excluding hydrogens is 554 g/mol. The van der Waals surface area contributed by atoms with Crippen molar-refractivity contribution in [2.75, 3.05) is 11.5 Å². The van der Waals surface area contributed by atoms with Crippen LogP contribution in [0.3, 0.4) is 0 Å². The first-order chi connectivity index (χ1) is 17.9. The van der Waals surface area contributed by atoms with Crippen LogP contribution in [0.5, 0.6) is 5.75 Å². The van der Waals surface area contributed by atoms with E-state index in [1.807, 2.05) is 0 Å². The minimum Gasteiger partial charge on any atom is -0.483 e. The fraction of sp³-hybridized carbons (Fsp3) is 0.250. The van der Waals surface area contributed by atoms with E-state index >= 15 is 0 Å². The van der Waals surface area contributed by atoms with Crippen molar-refractivity contribution in [3.05, 3.63) is 77.2 Å². The molecule has 2 heterocycles. The number of rotatable bonds is 5. The number of amides is 1. The van der Waals surface area contributed by atoms with Crippen molar-refractivity contribution in [3.63, 3.8) is 0 Å². The van der Waals surface area contributed by atoms with Gasteiger partial charge in [-0.2, -0.15) is 39.5 Å². The van der Waals surface area contributed by atoms with E-state index in [4.69, 9.17) is 4.74 Å². The SMILES string of the molecule is O=C1c2ccnc(-c3ccc(F)cc3OCC(F)(F)F)c2CN1c1ccc(C(O)(C(F)(F)F)C(F)(F)F)cc1. The quantitative estimate of drug-likeness (QED) is 0.367. The maximum atomic E-state index is 13.8. The van der Waals surface area contributed by atoms with Crippen LogP contribution in [0, 0.1) is 5.82 Å². The van der Waals surface area contributed by atoms with Crippen LogP contribution in [0.15, 0.2) is 54.7 Å². The highest BCUT2D eigenvalue weighted by molar-refractivity contribution is 6.11. The smallest absolute Gasteiger partial charge is 0.430 e. The standard InChI is InChI=1S/C24H14F10N2O3/c25-13-3-6-16(18(9-13)39-11-21(26,27)28)19-17-10-36(20(37)15(17)7-8-35-19)14-4-1-12(2-5-14)22(38,23(29,30)31)24(32,33)34/h1-9,38H,10-11H2. The van der Waals surface area contributed by atoms with Gasteiger partial charge in [0.05, 0.1) is 12.2 Å². The van der Waals surface area contributed by atoms with E-state index in [0.29, 0.717) is 18.2 Å². The molecule has 0 radical (unpaired) electrons.